The van der Waals surface area contributed by atoms with Gasteiger partial charge in [-0.05, 0) is 6.42 Å². The van der Waals surface area contributed by atoms with Crippen LogP contribution >= 0.6 is 0 Å². The van der Waals surface area contributed by atoms with E-state index in [-0.39, 0.29) is 20.1 Å². The Morgan fingerprint density at radius 1 is 1.64 bits per heavy atom. The lowest BCUT2D eigenvalue weighted by Crippen LogP contribution is -2.45. The van der Waals surface area contributed by atoms with E-state index in [4.69, 9.17) is 11.6 Å². The van der Waals surface area contributed by atoms with Crippen molar-refractivity contribution in [3.8, 4) is 0 Å². The van der Waals surface area contributed by atoms with Crippen molar-refractivity contribution >= 4 is 5.91 Å². The van der Waals surface area contributed by atoms with Crippen LogP contribution in [-0.2, 0) is 4.79 Å². The first-order valence-corrected chi connectivity index (χ1v) is 4.48. The third-order valence-electron chi connectivity index (χ3n) is 1.90. The molecule has 84 valence electrons. The number of nitrogens with one attached hydrogen (secondary N) is 1. The van der Waals surface area contributed by atoms with Gasteiger partial charge < -0.3 is 20.6 Å². The Labute approximate surface area is 85.2 Å². The molecular weight excluding hydrogens is 186 g/mol. The molecular formula is C9H19NO4. The van der Waals surface area contributed by atoms with Crippen molar-refractivity contribution in [2.24, 2.45) is 5.41 Å². The van der Waals surface area contributed by atoms with Crippen LogP contribution in [0, 0.1) is 5.41 Å². The number of carbonyl (C=O) groups excluding carboxylic acids is 1. The molecule has 0 rings (SSSR count). The van der Waals surface area contributed by atoms with Crippen molar-refractivity contribution in [3.05, 3.63) is 0 Å². The van der Waals surface area contributed by atoms with Crippen molar-refractivity contribution in [3.63, 3.8) is 0 Å². The summed E-state index contributed by atoms with van der Waals surface area (Å²) in [5.74, 6) is -0.618. The fraction of sp³-hybridized carbons (Fsp3) is 0.889. The van der Waals surface area contributed by atoms with Gasteiger partial charge >= 0.3 is 0 Å². The van der Waals surface area contributed by atoms with Gasteiger partial charge in [-0.15, -0.1) is 0 Å². The van der Waals surface area contributed by atoms with E-state index in [0.717, 1.165) is 0 Å². The van der Waals surface area contributed by atoms with E-state index in [1.807, 2.05) is 0 Å². The maximum atomic E-state index is 11.3. The van der Waals surface area contributed by atoms with E-state index < -0.39 is 24.0 Å². The Bertz CT molecular complexity index is 197. The fourth-order valence-electron chi connectivity index (χ4n) is 0.790. The zero-order valence-electron chi connectivity index (χ0n) is 9.36. The van der Waals surface area contributed by atoms with E-state index >= 15 is 0 Å². The second kappa shape index (κ2) is 5.95. The average molecular weight is 206 g/mol. The van der Waals surface area contributed by atoms with Crippen LogP contribution in [-0.4, -0.2) is 47.1 Å². The second-order valence-corrected chi connectivity index (χ2v) is 3.58. The number of amides is 1. The first-order chi connectivity index (χ1) is 7.01. The molecule has 5 heteroatoms. The summed E-state index contributed by atoms with van der Waals surface area (Å²) in [5.41, 5.74) is -1.14. The molecule has 0 aliphatic carbocycles. The molecule has 0 saturated carbocycles. The van der Waals surface area contributed by atoms with Gasteiger partial charge in [-0.2, -0.15) is 0 Å². The van der Waals surface area contributed by atoms with Gasteiger partial charge in [0.05, 0.1) is 6.61 Å². The van der Waals surface area contributed by atoms with Gasteiger partial charge in [-0.3, -0.25) is 4.79 Å². The quantitative estimate of drug-likeness (QED) is 0.414. The minimum Gasteiger partial charge on any atom is -0.396 e. The molecule has 2 unspecified atom stereocenters. The number of hydrogen-bond donors (Lipinski definition) is 4. The summed E-state index contributed by atoms with van der Waals surface area (Å²) >= 11 is 0. The predicted molar refractivity (Wildman–Crippen MR) is 51.6 cm³/mol. The number of carbonyl (C=O) groups is 1. The monoisotopic (exact) mass is 206 g/mol. The predicted octanol–water partition coefficient (Wildman–Crippen LogP) is -1.14. The molecule has 0 radical (unpaired) electrons. The van der Waals surface area contributed by atoms with Gasteiger partial charge in [0.1, 0.15) is 6.10 Å². The smallest absolute Gasteiger partial charge is 0.249 e. The van der Waals surface area contributed by atoms with Crippen LogP contribution < -0.4 is 5.32 Å². The van der Waals surface area contributed by atoms with Gasteiger partial charge in [-0.1, -0.05) is 13.8 Å². The van der Waals surface area contributed by atoms with Crippen LogP contribution in [0.4, 0.5) is 0 Å². The highest BCUT2D eigenvalue weighted by molar-refractivity contribution is 5.81. The fourth-order valence-corrected chi connectivity index (χ4v) is 0.790. The molecule has 1 amide bonds. The number of hydrogen-bond acceptors (Lipinski definition) is 4. The van der Waals surface area contributed by atoms with Crippen LogP contribution in [0.25, 0.3) is 0 Å². The molecule has 0 fully saturated rings. The lowest BCUT2D eigenvalue weighted by atomic mass is 9.87. The molecule has 5 nitrogen and oxygen atoms in total. The normalized spacial score (nSPS) is 18.1. The maximum absolute atomic E-state index is 11.3. The van der Waals surface area contributed by atoms with Crippen LogP contribution in [0.15, 0.2) is 0 Å². The maximum Gasteiger partial charge on any atom is 0.249 e. The van der Waals surface area contributed by atoms with E-state index in [1.54, 1.807) is 0 Å². The third-order valence-corrected chi connectivity index (χ3v) is 1.90. The van der Waals surface area contributed by atoms with E-state index in [0.29, 0.717) is 6.42 Å². The highest BCUT2D eigenvalue weighted by atomic mass is 16.3. The Kier molecular flexibility index (Phi) is 4.86. The average Bonchev–Trinajstić information content (AvgIpc) is 2.27. The minimum atomic E-state index is -1.40. The molecule has 0 aromatic heterocycles. The summed E-state index contributed by atoms with van der Waals surface area (Å²) in [5, 5.41) is 29.5. The lowest BCUT2D eigenvalue weighted by Gasteiger charge is -2.27. The van der Waals surface area contributed by atoms with E-state index in [9.17, 15) is 9.90 Å². The topological polar surface area (TPSA) is 89.8 Å². The molecule has 2 atom stereocenters. The van der Waals surface area contributed by atoms with Crippen molar-refractivity contribution in [2.75, 3.05) is 19.8 Å². The molecule has 0 bridgehead atoms. The summed E-state index contributed by atoms with van der Waals surface area (Å²) in [7, 11) is 0. The zero-order chi connectivity index (χ0) is 11.9. The van der Waals surface area contributed by atoms with Crippen LogP contribution in [0.5, 0.6) is 0 Å². The molecule has 0 spiro atoms. The first kappa shape index (κ1) is 11.4. The van der Waals surface area contributed by atoms with Gasteiger partial charge in [0, 0.05) is 19.9 Å². The standard InChI is InChI=1S/C9H19NO4/c1-9(2,6-12)7(13)8(14)10-4-3-5-11/h7,11-13H,3-6H2,1-2H3,(H,10,14)/i1D. The second-order valence-electron chi connectivity index (χ2n) is 3.58. The van der Waals surface area contributed by atoms with E-state index in [2.05, 4.69) is 5.32 Å². The summed E-state index contributed by atoms with van der Waals surface area (Å²) < 4.78 is 7.15. The SMILES string of the molecule is [2H]CC(C)(CO)C(O)C(=O)NCCCO. The molecule has 0 heterocycles. The van der Waals surface area contributed by atoms with Crippen molar-refractivity contribution in [2.45, 2.75) is 26.3 Å². The summed E-state index contributed by atoms with van der Waals surface area (Å²) in [4.78, 5) is 11.3. The summed E-state index contributed by atoms with van der Waals surface area (Å²) in [6.07, 6.45) is -0.992. The highest BCUT2D eigenvalue weighted by Crippen LogP contribution is 2.19. The van der Waals surface area contributed by atoms with Crippen molar-refractivity contribution in [1.29, 1.82) is 0 Å². The van der Waals surface area contributed by atoms with Gasteiger partial charge in [0.15, 0.2) is 0 Å². The molecule has 0 saturated heterocycles. The molecule has 4 N–H and O–H groups in total. The van der Waals surface area contributed by atoms with Gasteiger partial charge in [0.2, 0.25) is 5.91 Å². The number of aliphatic hydroxyl groups excluding tert-OH is 3. The van der Waals surface area contributed by atoms with Crippen LogP contribution in [0.1, 0.15) is 21.6 Å². The minimum absolute atomic E-state index is 0.0356. The molecule has 0 aromatic carbocycles. The Morgan fingerprint density at radius 3 is 2.71 bits per heavy atom. The summed E-state index contributed by atoms with van der Waals surface area (Å²) in [6.45, 7) is 1.04. The van der Waals surface area contributed by atoms with E-state index in [1.165, 1.54) is 6.92 Å². The third kappa shape index (κ3) is 4.04. The Balaban J connectivity index is 4.17. The molecule has 0 aromatic rings. The highest BCUT2D eigenvalue weighted by Gasteiger charge is 2.32. The van der Waals surface area contributed by atoms with Crippen LogP contribution in [0.3, 0.4) is 0 Å². The Hall–Kier alpha value is -0.650. The molecule has 0 aliphatic rings. The molecule has 0 aliphatic heterocycles. The largest absolute Gasteiger partial charge is 0.396 e. The zero-order valence-corrected chi connectivity index (χ0v) is 8.36. The van der Waals surface area contributed by atoms with Crippen molar-refractivity contribution in [1.82, 2.24) is 5.32 Å². The lowest BCUT2D eigenvalue weighted by molar-refractivity contribution is -0.137. The van der Waals surface area contributed by atoms with Gasteiger partial charge in [0.25, 0.3) is 0 Å². The Morgan fingerprint density at radius 2 is 2.29 bits per heavy atom. The van der Waals surface area contributed by atoms with Crippen LogP contribution in [0.2, 0.25) is 0 Å². The number of rotatable bonds is 6. The summed E-state index contributed by atoms with van der Waals surface area (Å²) in [6, 6.07) is 0. The van der Waals surface area contributed by atoms with Gasteiger partial charge in [-0.25, -0.2) is 0 Å². The first-order valence-electron chi connectivity index (χ1n) is 5.19. The molecule has 14 heavy (non-hydrogen) atoms. The van der Waals surface area contributed by atoms with Crippen molar-refractivity contribution < 1.29 is 21.5 Å². The number of aliphatic hydroxyl groups is 3.